The molecule has 8 heteroatoms. The van der Waals surface area contributed by atoms with Crippen LogP contribution in [0.2, 0.25) is 0 Å². The van der Waals surface area contributed by atoms with E-state index < -0.39 is 5.41 Å². The summed E-state index contributed by atoms with van der Waals surface area (Å²) in [5.41, 5.74) is 0.347. The number of nitrogens with one attached hydrogen (secondary N) is 1. The van der Waals surface area contributed by atoms with Gasteiger partial charge in [-0.2, -0.15) is 14.9 Å². The minimum absolute atomic E-state index is 0.132. The molecule has 134 valence electrons. The fraction of sp³-hybridized carbons (Fsp3) is 0.412. The van der Waals surface area contributed by atoms with Crippen LogP contribution in [-0.4, -0.2) is 34.8 Å². The van der Waals surface area contributed by atoms with Crippen molar-refractivity contribution in [2.75, 3.05) is 13.7 Å². The smallest absolute Gasteiger partial charge is 0.297 e. The van der Waals surface area contributed by atoms with Gasteiger partial charge in [0.25, 0.3) is 5.56 Å². The first-order valence-electron chi connectivity index (χ1n) is 7.85. The molecule has 2 rings (SSSR count). The molecule has 0 bridgehead atoms. The molecule has 0 radical (unpaired) electrons. The number of nitrogens with zero attached hydrogens (tertiary/aromatic N) is 3. The lowest BCUT2D eigenvalue weighted by atomic mass is 9.93. The number of aromatic nitrogens is 3. The summed E-state index contributed by atoms with van der Waals surface area (Å²) >= 11 is 5.13. The van der Waals surface area contributed by atoms with Gasteiger partial charge in [-0.15, -0.1) is 0 Å². The average Bonchev–Trinajstić information content (AvgIpc) is 2.54. The zero-order valence-electron chi connectivity index (χ0n) is 15.0. The lowest BCUT2D eigenvalue weighted by Crippen LogP contribution is -2.32. The zero-order chi connectivity index (χ0) is 18.6. The molecule has 0 aliphatic carbocycles. The summed E-state index contributed by atoms with van der Waals surface area (Å²) < 4.78 is 12.1. The number of methoxy groups -OCH3 is 1. The first-order chi connectivity index (χ1) is 11.8. The van der Waals surface area contributed by atoms with Crippen molar-refractivity contribution in [3.8, 4) is 11.5 Å². The Kier molecular flexibility index (Phi) is 5.73. The van der Waals surface area contributed by atoms with Crippen molar-refractivity contribution < 1.29 is 9.47 Å². The molecule has 1 N–H and O–H groups in total. The lowest BCUT2D eigenvalue weighted by Gasteiger charge is -2.16. The van der Waals surface area contributed by atoms with Gasteiger partial charge in [-0.3, -0.25) is 9.89 Å². The first kappa shape index (κ1) is 18.9. The third kappa shape index (κ3) is 4.33. The molecule has 0 aliphatic heterocycles. The predicted octanol–water partition coefficient (Wildman–Crippen LogP) is 2.89. The van der Waals surface area contributed by atoms with Crippen LogP contribution in [0.15, 0.2) is 28.1 Å². The number of benzene rings is 1. The molecule has 2 aromatic rings. The summed E-state index contributed by atoms with van der Waals surface area (Å²) in [5.74, 6) is 1.24. The van der Waals surface area contributed by atoms with Crippen LogP contribution < -0.4 is 15.0 Å². The zero-order valence-corrected chi connectivity index (χ0v) is 15.8. The average molecular weight is 362 g/mol. The van der Waals surface area contributed by atoms with Crippen LogP contribution in [0.3, 0.4) is 0 Å². The molecule has 7 nitrogen and oxygen atoms in total. The van der Waals surface area contributed by atoms with Crippen molar-refractivity contribution in [3.63, 3.8) is 0 Å². The summed E-state index contributed by atoms with van der Waals surface area (Å²) in [5, 5.41) is 10.9. The van der Waals surface area contributed by atoms with Crippen molar-refractivity contribution in [3.05, 3.63) is 44.6 Å². The minimum atomic E-state index is -0.420. The van der Waals surface area contributed by atoms with Crippen LogP contribution in [0.5, 0.6) is 11.5 Å². The van der Waals surface area contributed by atoms with Gasteiger partial charge >= 0.3 is 0 Å². The third-order valence-electron chi connectivity index (χ3n) is 3.37. The maximum absolute atomic E-state index is 12.6. The maximum atomic E-state index is 12.6. The number of rotatable bonds is 5. The van der Waals surface area contributed by atoms with Gasteiger partial charge in [0, 0.05) is 5.41 Å². The molecule has 1 aromatic carbocycles. The van der Waals surface area contributed by atoms with E-state index in [0.29, 0.717) is 23.8 Å². The Morgan fingerprint density at radius 1 is 1.36 bits per heavy atom. The lowest BCUT2D eigenvalue weighted by molar-refractivity contribution is 0.311. The van der Waals surface area contributed by atoms with Gasteiger partial charge in [-0.05, 0) is 42.9 Å². The van der Waals surface area contributed by atoms with Gasteiger partial charge in [0.15, 0.2) is 11.5 Å². The van der Waals surface area contributed by atoms with Crippen LogP contribution in [0.4, 0.5) is 0 Å². The second kappa shape index (κ2) is 7.60. The van der Waals surface area contributed by atoms with E-state index in [0.717, 1.165) is 10.2 Å². The van der Waals surface area contributed by atoms with Gasteiger partial charge < -0.3 is 9.47 Å². The standard InChI is InChI=1S/C17H22N4O3S/c1-6-24-12-8-7-11(9-13(12)23-5)10-18-21-15(22)14(17(2,3)4)19-20-16(21)25/h7-10H,6H2,1-5H3,(H,20,25)/b18-10-. The van der Waals surface area contributed by atoms with Gasteiger partial charge in [-0.1, -0.05) is 20.8 Å². The van der Waals surface area contributed by atoms with Crippen LogP contribution in [0.1, 0.15) is 39.0 Å². The minimum Gasteiger partial charge on any atom is -0.493 e. The molecular formula is C17H22N4O3S. The molecule has 0 fully saturated rings. The summed E-state index contributed by atoms with van der Waals surface area (Å²) in [7, 11) is 1.57. The molecular weight excluding hydrogens is 340 g/mol. The Morgan fingerprint density at radius 2 is 2.08 bits per heavy atom. The number of H-pyrrole nitrogens is 1. The van der Waals surface area contributed by atoms with Gasteiger partial charge in [-0.25, -0.2) is 0 Å². The molecule has 1 aromatic heterocycles. The molecule has 0 saturated heterocycles. The topological polar surface area (TPSA) is 81.5 Å². The highest BCUT2D eigenvalue weighted by atomic mass is 32.1. The molecule has 0 unspecified atom stereocenters. The van der Waals surface area contributed by atoms with E-state index in [1.807, 2.05) is 33.8 Å². The van der Waals surface area contributed by atoms with E-state index in [1.165, 1.54) is 6.21 Å². The van der Waals surface area contributed by atoms with E-state index in [9.17, 15) is 4.79 Å². The van der Waals surface area contributed by atoms with E-state index in [4.69, 9.17) is 21.7 Å². The Bertz CT molecular complexity index is 894. The molecule has 1 heterocycles. The Morgan fingerprint density at radius 3 is 2.68 bits per heavy atom. The third-order valence-corrected chi connectivity index (χ3v) is 3.64. The molecule has 25 heavy (non-hydrogen) atoms. The summed E-state index contributed by atoms with van der Waals surface area (Å²) in [6, 6.07) is 5.39. The van der Waals surface area contributed by atoms with Crippen molar-refractivity contribution in [2.24, 2.45) is 5.10 Å². The second-order valence-corrected chi connectivity index (χ2v) is 6.72. The van der Waals surface area contributed by atoms with E-state index in [1.54, 1.807) is 19.2 Å². The number of hydrogen-bond acceptors (Lipinski definition) is 6. The molecule has 0 aliphatic rings. The Balaban J connectivity index is 2.43. The highest BCUT2D eigenvalue weighted by Gasteiger charge is 2.21. The molecule has 0 amide bonds. The highest BCUT2D eigenvalue weighted by Crippen LogP contribution is 2.27. The molecule has 0 spiro atoms. The van der Waals surface area contributed by atoms with E-state index >= 15 is 0 Å². The predicted molar refractivity (Wildman–Crippen MR) is 99.5 cm³/mol. The van der Waals surface area contributed by atoms with Crippen molar-refractivity contribution in [1.82, 2.24) is 14.9 Å². The molecule has 0 saturated carbocycles. The van der Waals surface area contributed by atoms with Crippen molar-refractivity contribution >= 4 is 18.4 Å². The normalized spacial score (nSPS) is 11.7. The van der Waals surface area contributed by atoms with Gasteiger partial charge in [0.1, 0.15) is 5.69 Å². The fourth-order valence-electron chi connectivity index (χ4n) is 2.15. The second-order valence-electron chi connectivity index (χ2n) is 6.33. The SMILES string of the molecule is CCOc1ccc(/C=N\n2c(=S)[nH]nc(C(C)(C)C)c2=O)cc1OC. The maximum Gasteiger partial charge on any atom is 0.297 e. The van der Waals surface area contributed by atoms with Crippen LogP contribution in [-0.2, 0) is 5.41 Å². The van der Waals surface area contributed by atoms with Gasteiger partial charge in [0.05, 0.1) is 19.9 Å². The highest BCUT2D eigenvalue weighted by molar-refractivity contribution is 7.71. The van der Waals surface area contributed by atoms with Crippen LogP contribution in [0.25, 0.3) is 0 Å². The van der Waals surface area contributed by atoms with Crippen LogP contribution >= 0.6 is 12.2 Å². The number of aromatic amines is 1. The first-order valence-corrected chi connectivity index (χ1v) is 8.26. The van der Waals surface area contributed by atoms with E-state index in [2.05, 4.69) is 15.3 Å². The summed E-state index contributed by atoms with van der Waals surface area (Å²) in [6.45, 7) is 8.15. The molecule has 0 atom stereocenters. The quantitative estimate of drug-likeness (QED) is 0.653. The monoisotopic (exact) mass is 362 g/mol. The van der Waals surface area contributed by atoms with Crippen LogP contribution in [0, 0.1) is 4.77 Å². The fourth-order valence-corrected chi connectivity index (χ4v) is 2.32. The summed E-state index contributed by atoms with van der Waals surface area (Å²) in [4.78, 5) is 12.6. The van der Waals surface area contributed by atoms with Gasteiger partial charge in [0.2, 0.25) is 4.77 Å². The van der Waals surface area contributed by atoms with Crippen molar-refractivity contribution in [1.29, 1.82) is 0 Å². The Labute approximate surface area is 151 Å². The number of ether oxygens (including phenoxy) is 2. The Hall–Kier alpha value is -2.48. The largest absolute Gasteiger partial charge is 0.493 e. The summed E-state index contributed by atoms with van der Waals surface area (Å²) in [6.07, 6.45) is 1.54. The van der Waals surface area contributed by atoms with E-state index in [-0.39, 0.29) is 10.3 Å². The number of hydrogen-bond donors (Lipinski definition) is 1. The van der Waals surface area contributed by atoms with Crippen molar-refractivity contribution in [2.45, 2.75) is 33.1 Å².